The molecule has 0 saturated carbocycles. The zero-order valence-corrected chi connectivity index (χ0v) is 16.0. The summed E-state index contributed by atoms with van der Waals surface area (Å²) < 4.78 is 37.3. The maximum atomic E-state index is 13.5. The number of aromatic nitrogens is 2. The quantitative estimate of drug-likeness (QED) is 0.706. The van der Waals surface area contributed by atoms with Gasteiger partial charge in [-0.3, -0.25) is 0 Å². The zero-order chi connectivity index (χ0) is 20.9. The molecule has 152 valence electrons. The van der Waals surface area contributed by atoms with E-state index in [1.165, 1.54) is 24.4 Å². The summed E-state index contributed by atoms with van der Waals surface area (Å²) in [4.78, 5) is 18.7. The lowest BCUT2D eigenvalue weighted by Gasteiger charge is -2.27. The van der Waals surface area contributed by atoms with Crippen LogP contribution >= 0.6 is 0 Å². The number of halogens is 2. The van der Waals surface area contributed by atoms with Gasteiger partial charge in [-0.25, -0.2) is 23.5 Å². The van der Waals surface area contributed by atoms with Crippen molar-refractivity contribution >= 4 is 6.09 Å². The SMILES string of the molecule is CC(C)CC(C)(N)COc1ccc(-c2ccnc(OC(N)=O)c2)nc1C(F)F. The van der Waals surface area contributed by atoms with E-state index in [-0.39, 0.29) is 23.9 Å². The van der Waals surface area contributed by atoms with E-state index in [0.29, 0.717) is 17.9 Å². The number of primary amides is 1. The van der Waals surface area contributed by atoms with Gasteiger partial charge in [-0.1, -0.05) is 13.8 Å². The van der Waals surface area contributed by atoms with Gasteiger partial charge in [0.15, 0.2) is 0 Å². The molecule has 0 aliphatic carbocycles. The van der Waals surface area contributed by atoms with E-state index in [4.69, 9.17) is 20.9 Å². The van der Waals surface area contributed by atoms with E-state index < -0.39 is 23.8 Å². The summed E-state index contributed by atoms with van der Waals surface area (Å²) in [5.41, 5.74) is 10.7. The Labute approximate surface area is 162 Å². The molecule has 2 aromatic heterocycles. The second kappa shape index (κ2) is 8.92. The Hall–Kier alpha value is -2.81. The normalized spacial score (nSPS) is 13.4. The highest BCUT2D eigenvalue weighted by atomic mass is 19.3. The molecular formula is C19H24F2N4O3. The number of carbonyl (C=O) groups excluding carboxylic acids is 1. The molecule has 2 heterocycles. The number of alkyl halides is 2. The third kappa shape index (κ3) is 6.12. The summed E-state index contributed by atoms with van der Waals surface area (Å²) in [7, 11) is 0. The van der Waals surface area contributed by atoms with Crippen molar-refractivity contribution in [3.05, 3.63) is 36.2 Å². The van der Waals surface area contributed by atoms with Gasteiger partial charge in [0.1, 0.15) is 18.1 Å². The molecule has 0 aliphatic rings. The van der Waals surface area contributed by atoms with Crippen LogP contribution in [0.1, 0.15) is 39.3 Å². The van der Waals surface area contributed by atoms with Crippen LogP contribution in [-0.2, 0) is 0 Å². The summed E-state index contributed by atoms with van der Waals surface area (Å²) in [6.45, 7) is 5.94. The maximum Gasteiger partial charge on any atom is 0.411 e. The van der Waals surface area contributed by atoms with E-state index in [9.17, 15) is 13.6 Å². The predicted octanol–water partition coefficient (Wildman–Crippen LogP) is 3.68. The number of hydrogen-bond acceptors (Lipinski definition) is 6. The van der Waals surface area contributed by atoms with Crippen LogP contribution in [0.15, 0.2) is 30.5 Å². The Balaban J connectivity index is 2.27. The van der Waals surface area contributed by atoms with Crippen molar-refractivity contribution in [1.29, 1.82) is 0 Å². The summed E-state index contributed by atoms with van der Waals surface area (Å²) in [5.74, 6) is 0.261. The van der Waals surface area contributed by atoms with E-state index in [1.807, 2.05) is 20.8 Å². The molecule has 0 aliphatic heterocycles. The first-order valence-electron chi connectivity index (χ1n) is 8.72. The van der Waals surface area contributed by atoms with Crippen LogP contribution < -0.4 is 20.9 Å². The lowest BCUT2D eigenvalue weighted by molar-refractivity contribution is 0.134. The second-order valence-electron chi connectivity index (χ2n) is 7.23. The van der Waals surface area contributed by atoms with Crippen molar-refractivity contribution in [2.45, 2.75) is 39.2 Å². The monoisotopic (exact) mass is 394 g/mol. The van der Waals surface area contributed by atoms with Crippen molar-refractivity contribution in [2.24, 2.45) is 17.4 Å². The minimum atomic E-state index is -2.84. The molecule has 28 heavy (non-hydrogen) atoms. The molecule has 4 N–H and O–H groups in total. The predicted molar refractivity (Wildman–Crippen MR) is 100 cm³/mol. The number of hydrogen-bond donors (Lipinski definition) is 2. The molecule has 0 radical (unpaired) electrons. The fourth-order valence-corrected chi connectivity index (χ4v) is 2.86. The largest absolute Gasteiger partial charge is 0.490 e. The molecule has 2 rings (SSSR count). The molecule has 1 amide bonds. The second-order valence-corrected chi connectivity index (χ2v) is 7.23. The zero-order valence-electron chi connectivity index (χ0n) is 16.0. The van der Waals surface area contributed by atoms with Gasteiger partial charge in [0.25, 0.3) is 6.43 Å². The highest BCUT2D eigenvalue weighted by Crippen LogP contribution is 2.31. The lowest BCUT2D eigenvalue weighted by Crippen LogP contribution is -2.43. The number of carbonyl (C=O) groups is 1. The number of pyridine rings is 2. The highest BCUT2D eigenvalue weighted by molar-refractivity contribution is 5.69. The first kappa shape index (κ1) is 21.5. The van der Waals surface area contributed by atoms with Crippen LogP contribution in [0.25, 0.3) is 11.3 Å². The molecule has 0 bridgehead atoms. The van der Waals surface area contributed by atoms with Crippen molar-refractivity contribution in [1.82, 2.24) is 9.97 Å². The average Bonchev–Trinajstić information content (AvgIpc) is 2.58. The van der Waals surface area contributed by atoms with Crippen molar-refractivity contribution < 1.29 is 23.0 Å². The Morgan fingerprint density at radius 3 is 2.61 bits per heavy atom. The summed E-state index contributed by atoms with van der Waals surface area (Å²) in [5, 5.41) is 0. The number of ether oxygens (including phenoxy) is 2. The highest BCUT2D eigenvalue weighted by Gasteiger charge is 2.24. The number of nitrogens with zero attached hydrogens (tertiary/aromatic N) is 2. The maximum absolute atomic E-state index is 13.5. The fourth-order valence-electron chi connectivity index (χ4n) is 2.86. The average molecular weight is 394 g/mol. The first-order valence-corrected chi connectivity index (χ1v) is 8.72. The Bertz CT molecular complexity index is 829. The van der Waals surface area contributed by atoms with Crippen LogP contribution in [0.4, 0.5) is 13.6 Å². The smallest absolute Gasteiger partial charge is 0.411 e. The molecule has 2 aromatic rings. The van der Waals surface area contributed by atoms with Crippen LogP contribution in [0.3, 0.4) is 0 Å². The van der Waals surface area contributed by atoms with E-state index in [2.05, 4.69) is 9.97 Å². The number of amides is 1. The first-order chi connectivity index (χ1) is 13.1. The van der Waals surface area contributed by atoms with Crippen LogP contribution in [0.5, 0.6) is 11.6 Å². The number of nitrogens with two attached hydrogens (primary N) is 2. The van der Waals surface area contributed by atoms with Gasteiger partial charge in [-0.05, 0) is 37.5 Å². The van der Waals surface area contributed by atoms with Crippen LogP contribution in [0.2, 0.25) is 0 Å². The van der Waals surface area contributed by atoms with Gasteiger partial charge in [-0.2, -0.15) is 0 Å². The topological polar surface area (TPSA) is 113 Å². The molecule has 1 unspecified atom stereocenters. The van der Waals surface area contributed by atoms with Crippen molar-refractivity contribution in [3.63, 3.8) is 0 Å². The number of rotatable bonds is 8. The van der Waals surface area contributed by atoms with Gasteiger partial charge in [0.05, 0.1) is 5.69 Å². The summed E-state index contributed by atoms with van der Waals surface area (Å²) >= 11 is 0. The minimum absolute atomic E-state index is 0.0261. The van der Waals surface area contributed by atoms with E-state index in [0.717, 1.165) is 0 Å². The molecular weight excluding hydrogens is 370 g/mol. The summed E-state index contributed by atoms with van der Waals surface area (Å²) in [6, 6.07) is 5.87. The third-order valence-corrected chi connectivity index (χ3v) is 3.76. The molecule has 7 nitrogen and oxygen atoms in total. The van der Waals surface area contributed by atoms with Crippen LogP contribution in [-0.4, -0.2) is 28.2 Å². The molecule has 0 aromatic carbocycles. The van der Waals surface area contributed by atoms with E-state index in [1.54, 1.807) is 6.07 Å². The van der Waals surface area contributed by atoms with Crippen molar-refractivity contribution in [3.8, 4) is 22.9 Å². The standard InChI is InChI=1S/C19H24F2N4O3/c1-11(2)9-19(3,23)10-27-14-5-4-13(25-16(14)17(20)21)12-6-7-24-15(8-12)28-18(22)26/h4-8,11,17H,9-10,23H2,1-3H3,(H2,22,26). The molecule has 0 saturated heterocycles. The third-order valence-electron chi connectivity index (χ3n) is 3.76. The van der Waals surface area contributed by atoms with Crippen LogP contribution in [0, 0.1) is 5.92 Å². The van der Waals surface area contributed by atoms with Gasteiger partial charge in [0, 0.05) is 23.4 Å². The van der Waals surface area contributed by atoms with Gasteiger partial charge < -0.3 is 20.9 Å². The Morgan fingerprint density at radius 2 is 2.00 bits per heavy atom. The van der Waals surface area contributed by atoms with Gasteiger partial charge >= 0.3 is 6.09 Å². The lowest BCUT2D eigenvalue weighted by atomic mass is 9.93. The fraction of sp³-hybridized carbons (Fsp3) is 0.421. The molecule has 0 fully saturated rings. The van der Waals surface area contributed by atoms with E-state index >= 15 is 0 Å². The Morgan fingerprint density at radius 1 is 1.29 bits per heavy atom. The Kier molecular flexibility index (Phi) is 6.85. The molecule has 1 atom stereocenters. The van der Waals surface area contributed by atoms with Gasteiger partial charge in [0.2, 0.25) is 5.88 Å². The van der Waals surface area contributed by atoms with Crippen molar-refractivity contribution in [2.75, 3.05) is 6.61 Å². The van der Waals surface area contributed by atoms with Gasteiger partial charge in [-0.15, -0.1) is 0 Å². The molecule has 9 heteroatoms. The molecule has 0 spiro atoms. The summed E-state index contributed by atoms with van der Waals surface area (Å²) in [6.07, 6.45) is -1.83. The minimum Gasteiger partial charge on any atom is -0.490 e.